The van der Waals surface area contributed by atoms with Gasteiger partial charge in [-0.3, -0.25) is 10.1 Å². The Labute approximate surface area is 190 Å². The maximum Gasteiger partial charge on any atom is 0.342 e. The topological polar surface area (TPSA) is 124 Å². The van der Waals surface area contributed by atoms with Crippen LogP contribution in [0.1, 0.15) is 5.69 Å². The highest BCUT2D eigenvalue weighted by Gasteiger charge is 2.17. The van der Waals surface area contributed by atoms with Gasteiger partial charge in [0.25, 0.3) is 10.9 Å². The maximum atomic E-state index is 11.8. The molecule has 0 aliphatic carbocycles. The van der Waals surface area contributed by atoms with Gasteiger partial charge in [0.2, 0.25) is 5.89 Å². The van der Waals surface area contributed by atoms with E-state index in [9.17, 15) is 20.0 Å². The highest BCUT2D eigenvalue weighted by Crippen LogP contribution is 2.31. The maximum absolute atomic E-state index is 11.8. The van der Waals surface area contributed by atoms with E-state index >= 15 is 0 Å². The molecule has 0 unspecified atom stereocenters. The third kappa shape index (κ3) is 4.71. The monoisotopic (exact) mass is 468 g/mol. The molecule has 1 N–H and O–H groups in total. The number of aliphatic carboxylic acids is 1. The summed E-state index contributed by atoms with van der Waals surface area (Å²) in [5.41, 5.74) is 1.82. The van der Waals surface area contributed by atoms with Crippen molar-refractivity contribution in [1.29, 1.82) is 0 Å². The molecular weight excluding hydrogens is 456 g/mol. The van der Waals surface area contributed by atoms with E-state index in [4.69, 9.17) is 16.0 Å². The van der Waals surface area contributed by atoms with E-state index in [1.54, 1.807) is 59.3 Å². The van der Waals surface area contributed by atoms with E-state index in [1.807, 2.05) is 0 Å². The summed E-state index contributed by atoms with van der Waals surface area (Å²) < 4.78 is 7.29. The van der Waals surface area contributed by atoms with E-state index in [0.717, 1.165) is 11.8 Å². The predicted octanol–water partition coefficient (Wildman–Crippen LogP) is 5.31. The van der Waals surface area contributed by atoms with Crippen LogP contribution in [0.4, 0.5) is 5.69 Å². The first-order valence-corrected chi connectivity index (χ1v) is 10.2. The summed E-state index contributed by atoms with van der Waals surface area (Å²) >= 11 is 6.70. The standard InChI is InChI=1S/C21H13ClN4O5S/c22-14-5-3-13(4-6-14)19-23-24-21(31-19)32-18(20(27)28)12-17-2-1-11-25(17)15-7-9-16(10-8-15)26(29)30/h1-12H,(H,27,28)/b18-12-. The summed E-state index contributed by atoms with van der Waals surface area (Å²) in [6, 6.07) is 16.2. The highest BCUT2D eigenvalue weighted by molar-refractivity contribution is 8.03. The highest BCUT2D eigenvalue weighted by atomic mass is 35.5. The van der Waals surface area contributed by atoms with Gasteiger partial charge in [0.1, 0.15) is 4.91 Å². The lowest BCUT2D eigenvalue weighted by Crippen LogP contribution is -2.00. The van der Waals surface area contributed by atoms with Gasteiger partial charge in [-0.05, 0) is 66.4 Å². The molecule has 0 amide bonds. The fraction of sp³-hybridized carbons (Fsp3) is 0. The minimum absolute atomic E-state index is 0.0346. The number of hydrogen-bond acceptors (Lipinski definition) is 7. The quantitative estimate of drug-likeness (QED) is 0.167. The SMILES string of the molecule is O=C(O)/C(=C/c1cccn1-c1ccc([N+](=O)[O-])cc1)Sc1nnc(-c2ccc(Cl)cc2)o1. The van der Waals surface area contributed by atoms with Gasteiger partial charge in [-0.1, -0.05) is 11.6 Å². The van der Waals surface area contributed by atoms with Gasteiger partial charge in [0.15, 0.2) is 0 Å². The first kappa shape index (κ1) is 21.3. The van der Waals surface area contributed by atoms with Gasteiger partial charge < -0.3 is 14.1 Å². The van der Waals surface area contributed by atoms with E-state index < -0.39 is 10.9 Å². The summed E-state index contributed by atoms with van der Waals surface area (Å²) in [6.45, 7) is 0. The fourth-order valence-corrected chi connectivity index (χ4v) is 3.59. The molecule has 0 spiro atoms. The van der Waals surface area contributed by atoms with Crippen LogP contribution in [0.5, 0.6) is 0 Å². The van der Waals surface area contributed by atoms with Crippen molar-refractivity contribution in [3.63, 3.8) is 0 Å². The van der Waals surface area contributed by atoms with Crippen LogP contribution in [0.15, 0.2) is 81.4 Å². The Morgan fingerprint density at radius 2 is 1.84 bits per heavy atom. The first-order valence-electron chi connectivity index (χ1n) is 9.05. The number of nitro groups is 1. The number of hydrogen-bond donors (Lipinski definition) is 1. The van der Waals surface area contributed by atoms with Crippen LogP contribution < -0.4 is 0 Å². The molecule has 4 rings (SSSR count). The number of carboxylic acid groups (broad SMARTS) is 1. The summed E-state index contributed by atoms with van der Waals surface area (Å²) in [5, 5.41) is 29.0. The molecule has 9 nitrogen and oxygen atoms in total. The Balaban J connectivity index is 1.60. The van der Waals surface area contributed by atoms with E-state index in [1.165, 1.54) is 18.2 Å². The molecule has 160 valence electrons. The molecule has 11 heteroatoms. The number of benzene rings is 2. The number of thioether (sulfide) groups is 1. The number of nitro benzene ring substituents is 1. The molecule has 2 aromatic carbocycles. The van der Waals surface area contributed by atoms with Crippen molar-refractivity contribution in [3.8, 4) is 17.1 Å². The van der Waals surface area contributed by atoms with Gasteiger partial charge in [0, 0.05) is 40.3 Å². The van der Waals surface area contributed by atoms with E-state index in [-0.39, 0.29) is 21.7 Å². The smallest absolute Gasteiger partial charge is 0.342 e. The third-order valence-corrected chi connectivity index (χ3v) is 5.41. The molecular formula is C21H13ClN4O5S. The zero-order valence-corrected chi connectivity index (χ0v) is 17.7. The lowest BCUT2D eigenvalue weighted by Gasteiger charge is -2.07. The summed E-state index contributed by atoms with van der Waals surface area (Å²) in [7, 11) is 0. The molecule has 0 saturated heterocycles. The van der Waals surface area contributed by atoms with Crippen molar-refractivity contribution in [2.45, 2.75) is 5.22 Å². The molecule has 0 bridgehead atoms. The second-order valence-corrected chi connectivity index (χ2v) is 7.80. The van der Waals surface area contributed by atoms with Crippen LogP contribution in [0.25, 0.3) is 23.2 Å². The normalized spacial score (nSPS) is 11.5. The minimum atomic E-state index is -1.17. The first-order chi connectivity index (χ1) is 15.4. The van der Waals surface area contributed by atoms with Crippen LogP contribution in [0.3, 0.4) is 0 Å². The lowest BCUT2D eigenvalue weighted by molar-refractivity contribution is -0.384. The second kappa shape index (κ2) is 9.08. The zero-order valence-electron chi connectivity index (χ0n) is 16.1. The lowest BCUT2D eigenvalue weighted by atomic mass is 10.2. The molecule has 0 atom stereocenters. The number of halogens is 1. The number of carboxylic acids is 1. The number of nitrogens with zero attached hydrogens (tertiary/aromatic N) is 4. The molecule has 0 fully saturated rings. The van der Waals surface area contributed by atoms with Crippen LogP contribution in [0, 0.1) is 10.1 Å². The largest absolute Gasteiger partial charge is 0.477 e. The van der Waals surface area contributed by atoms with Crippen LogP contribution >= 0.6 is 23.4 Å². The van der Waals surface area contributed by atoms with Crippen molar-refractivity contribution >= 4 is 41.1 Å². The Morgan fingerprint density at radius 3 is 2.50 bits per heavy atom. The number of rotatable bonds is 7. The van der Waals surface area contributed by atoms with Crippen LogP contribution in [-0.4, -0.2) is 30.8 Å². The number of carbonyl (C=O) groups is 1. The van der Waals surface area contributed by atoms with Crippen molar-refractivity contribution in [2.24, 2.45) is 0 Å². The summed E-state index contributed by atoms with van der Waals surface area (Å²) in [6.07, 6.45) is 3.18. The van der Waals surface area contributed by atoms with Gasteiger partial charge in [-0.25, -0.2) is 4.79 Å². The second-order valence-electron chi connectivity index (χ2n) is 6.37. The number of aromatic nitrogens is 3. The molecule has 2 heterocycles. The van der Waals surface area contributed by atoms with Crippen LogP contribution in [0.2, 0.25) is 5.02 Å². The van der Waals surface area contributed by atoms with Crippen molar-refractivity contribution in [1.82, 2.24) is 14.8 Å². The predicted molar refractivity (Wildman–Crippen MR) is 119 cm³/mol. The molecule has 2 aromatic heterocycles. The van der Waals surface area contributed by atoms with Gasteiger partial charge in [-0.15, -0.1) is 10.2 Å². The van der Waals surface area contributed by atoms with Crippen molar-refractivity contribution in [3.05, 3.63) is 92.6 Å². The summed E-state index contributed by atoms with van der Waals surface area (Å²) in [5.74, 6) is -0.930. The Hall–Kier alpha value is -3.89. The van der Waals surface area contributed by atoms with Crippen molar-refractivity contribution in [2.75, 3.05) is 0 Å². The van der Waals surface area contributed by atoms with Crippen molar-refractivity contribution < 1.29 is 19.2 Å². The Bertz CT molecular complexity index is 1310. The molecule has 0 radical (unpaired) electrons. The zero-order chi connectivity index (χ0) is 22.7. The Kier molecular flexibility index (Phi) is 6.06. The van der Waals surface area contributed by atoms with Gasteiger partial charge in [-0.2, -0.15) is 0 Å². The van der Waals surface area contributed by atoms with Gasteiger partial charge >= 0.3 is 5.97 Å². The molecule has 32 heavy (non-hydrogen) atoms. The van der Waals surface area contributed by atoms with Crippen LogP contribution in [-0.2, 0) is 4.79 Å². The Morgan fingerprint density at radius 1 is 1.12 bits per heavy atom. The minimum Gasteiger partial charge on any atom is -0.477 e. The fourth-order valence-electron chi connectivity index (χ4n) is 2.81. The third-order valence-electron chi connectivity index (χ3n) is 4.30. The van der Waals surface area contributed by atoms with E-state index in [2.05, 4.69) is 10.2 Å². The molecule has 0 aliphatic heterocycles. The van der Waals surface area contributed by atoms with E-state index in [0.29, 0.717) is 22.0 Å². The average molecular weight is 469 g/mol. The number of non-ortho nitro benzene ring substituents is 1. The molecule has 0 saturated carbocycles. The molecule has 0 aliphatic rings. The average Bonchev–Trinajstić information content (AvgIpc) is 3.43. The molecule has 4 aromatic rings. The summed E-state index contributed by atoms with van der Waals surface area (Å²) in [4.78, 5) is 22.2. The van der Waals surface area contributed by atoms with Gasteiger partial charge in [0.05, 0.1) is 4.92 Å².